The van der Waals surface area contributed by atoms with E-state index in [-0.39, 0.29) is 12.5 Å². The van der Waals surface area contributed by atoms with Crippen molar-refractivity contribution in [3.8, 4) is 0 Å². The lowest BCUT2D eigenvalue weighted by Crippen LogP contribution is -2.22. The molecular weight excluding hydrogens is 286 g/mol. The van der Waals surface area contributed by atoms with E-state index < -0.39 is 0 Å². The molecule has 0 aliphatic heterocycles. The standard InChI is InChI=1S/C19H25N3O/c1-13-10-14(2)19(15(3)11-13)21-18(23)12-20-16-6-8-17(9-7-16)22(4)5/h6-11,20H,12H2,1-5H3,(H,21,23). The van der Waals surface area contributed by atoms with Crippen LogP contribution in [0.5, 0.6) is 0 Å². The summed E-state index contributed by atoms with van der Waals surface area (Å²) in [5.41, 5.74) is 6.36. The molecule has 2 rings (SSSR count). The lowest BCUT2D eigenvalue weighted by molar-refractivity contribution is -0.114. The van der Waals surface area contributed by atoms with Gasteiger partial charge in [0, 0.05) is 31.2 Å². The van der Waals surface area contributed by atoms with Crippen molar-refractivity contribution in [2.24, 2.45) is 0 Å². The molecule has 0 saturated carbocycles. The molecule has 0 saturated heterocycles. The monoisotopic (exact) mass is 311 g/mol. The molecule has 0 unspecified atom stereocenters. The van der Waals surface area contributed by atoms with Gasteiger partial charge in [-0.3, -0.25) is 4.79 Å². The zero-order valence-electron chi connectivity index (χ0n) is 14.5. The molecule has 2 aromatic carbocycles. The fourth-order valence-electron chi connectivity index (χ4n) is 2.62. The Morgan fingerprint density at radius 1 is 1.00 bits per heavy atom. The first kappa shape index (κ1) is 16.9. The van der Waals surface area contributed by atoms with Crippen molar-refractivity contribution in [3.63, 3.8) is 0 Å². The van der Waals surface area contributed by atoms with E-state index in [1.807, 2.05) is 57.1 Å². The van der Waals surface area contributed by atoms with Gasteiger partial charge in [-0.25, -0.2) is 0 Å². The number of nitrogens with one attached hydrogen (secondary N) is 2. The van der Waals surface area contributed by atoms with Gasteiger partial charge in [-0.2, -0.15) is 0 Å². The number of amides is 1. The Morgan fingerprint density at radius 3 is 2.09 bits per heavy atom. The van der Waals surface area contributed by atoms with Gasteiger partial charge in [0.15, 0.2) is 0 Å². The van der Waals surface area contributed by atoms with Crippen molar-refractivity contribution in [1.82, 2.24) is 0 Å². The maximum Gasteiger partial charge on any atom is 0.243 e. The fraction of sp³-hybridized carbons (Fsp3) is 0.316. The van der Waals surface area contributed by atoms with E-state index >= 15 is 0 Å². The van der Waals surface area contributed by atoms with E-state index in [0.717, 1.165) is 28.2 Å². The van der Waals surface area contributed by atoms with E-state index in [9.17, 15) is 4.79 Å². The molecule has 4 nitrogen and oxygen atoms in total. The van der Waals surface area contributed by atoms with Gasteiger partial charge in [-0.1, -0.05) is 17.7 Å². The Hall–Kier alpha value is -2.49. The number of anilines is 3. The van der Waals surface area contributed by atoms with E-state index in [4.69, 9.17) is 0 Å². The zero-order valence-corrected chi connectivity index (χ0v) is 14.5. The average molecular weight is 311 g/mol. The molecule has 0 heterocycles. The summed E-state index contributed by atoms with van der Waals surface area (Å²) < 4.78 is 0. The summed E-state index contributed by atoms with van der Waals surface area (Å²) in [5, 5.41) is 6.15. The Labute approximate surface area is 138 Å². The maximum absolute atomic E-state index is 12.2. The zero-order chi connectivity index (χ0) is 17.0. The van der Waals surface area contributed by atoms with Gasteiger partial charge in [-0.15, -0.1) is 0 Å². The summed E-state index contributed by atoms with van der Waals surface area (Å²) in [7, 11) is 4.00. The second-order valence-corrected chi connectivity index (χ2v) is 6.12. The van der Waals surface area contributed by atoms with Gasteiger partial charge in [-0.05, 0) is 56.2 Å². The molecule has 0 bridgehead atoms. The second-order valence-electron chi connectivity index (χ2n) is 6.12. The highest BCUT2D eigenvalue weighted by atomic mass is 16.1. The van der Waals surface area contributed by atoms with E-state index in [2.05, 4.69) is 29.7 Å². The minimum Gasteiger partial charge on any atom is -0.378 e. The van der Waals surface area contributed by atoms with Crippen LogP contribution in [0.4, 0.5) is 17.1 Å². The highest BCUT2D eigenvalue weighted by Crippen LogP contribution is 2.22. The predicted octanol–water partition coefficient (Wildman–Crippen LogP) is 3.73. The van der Waals surface area contributed by atoms with E-state index in [0.29, 0.717) is 0 Å². The van der Waals surface area contributed by atoms with Crippen LogP contribution < -0.4 is 15.5 Å². The maximum atomic E-state index is 12.2. The molecule has 4 heteroatoms. The number of hydrogen-bond donors (Lipinski definition) is 2. The van der Waals surface area contributed by atoms with Crippen LogP contribution in [0, 0.1) is 20.8 Å². The number of hydrogen-bond acceptors (Lipinski definition) is 3. The van der Waals surface area contributed by atoms with Gasteiger partial charge < -0.3 is 15.5 Å². The van der Waals surface area contributed by atoms with Crippen molar-refractivity contribution in [3.05, 3.63) is 53.1 Å². The molecule has 0 spiro atoms. The van der Waals surface area contributed by atoms with Crippen LogP contribution in [0.2, 0.25) is 0 Å². The number of aryl methyl sites for hydroxylation is 3. The Balaban J connectivity index is 1.95. The molecule has 2 N–H and O–H groups in total. The van der Waals surface area contributed by atoms with E-state index in [1.54, 1.807) is 0 Å². The quantitative estimate of drug-likeness (QED) is 0.884. The van der Waals surface area contributed by atoms with E-state index in [1.165, 1.54) is 5.56 Å². The first-order valence-corrected chi connectivity index (χ1v) is 7.76. The van der Waals surface area contributed by atoms with Crippen LogP contribution in [-0.4, -0.2) is 26.5 Å². The van der Waals surface area contributed by atoms with Crippen molar-refractivity contribution >= 4 is 23.0 Å². The average Bonchev–Trinajstić information content (AvgIpc) is 2.49. The lowest BCUT2D eigenvalue weighted by atomic mass is 10.1. The highest BCUT2D eigenvalue weighted by Gasteiger charge is 2.08. The largest absolute Gasteiger partial charge is 0.378 e. The first-order chi connectivity index (χ1) is 10.9. The lowest BCUT2D eigenvalue weighted by Gasteiger charge is -2.15. The van der Waals surface area contributed by atoms with Crippen LogP contribution >= 0.6 is 0 Å². The summed E-state index contributed by atoms with van der Waals surface area (Å²) >= 11 is 0. The van der Waals surface area contributed by atoms with Gasteiger partial charge in [0.25, 0.3) is 0 Å². The van der Waals surface area contributed by atoms with Gasteiger partial charge in [0.1, 0.15) is 0 Å². The molecule has 0 atom stereocenters. The molecule has 23 heavy (non-hydrogen) atoms. The summed E-state index contributed by atoms with van der Waals surface area (Å²) in [5.74, 6) is -0.0447. The van der Waals surface area contributed by atoms with Gasteiger partial charge in [0.05, 0.1) is 6.54 Å². The fourth-order valence-corrected chi connectivity index (χ4v) is 2.62. The van der Waals surface area contributed by atoms with Gasteiger partial charge in [0.2, 0.25) is 5.91 Å². The van der Waals surface area contributed by atoms with Crippen LogP contribution in [0.1, 0.15) is 16.7 Å². The Morgan fingerprint density at radius 2 is 1.57 bits per heavy atom. The summed E-state index contributed by atoms with van der Waals surface area (Å²) in [6.07, 6.45) is 0. The smallest absolute Gasteiger partial charge is 0.243 e. The minimum atomic E-state index is -0.0447. The predicted molar refractivity (Wildman–Crippen MR) is 98.5 cm³/mol. The molecule has 0 radical (unpaired) electrons. The number of carbonyl (C=O) groups is 1. The molecule has 0 fully saturated rings. The molecular formula is C19H25N3O. The number of nitrogens with zero attached hydrogens (tertiary/aromatic N) is 1. The third-order valence-corrected chi connectivity index (χ3v) is 3.78. The highest BCUT2D eigenvalue weighted by molar-refractivity contribution is 5.95. The number of rotatable bonds is 5. The van der Waals surface area contributed by atoms with Crippen molar-refractivity contribution in [2.45, 2.75) is 20.8 Å². The normalized spacial score (nSPS) is 10.3. The van der Waals surface area contributed by atoms with Crippen molar-refractivity contribution < 1.29 is 4.79 Å². The molecule has 0 aliphatic rings. The summed E-state index contributed by atoms with van der Waals surface area (Å²) in [6, 6.07) is 12.2. The molecule has 1 amide bonds. The molecule has 0 aromatic heterocycles. The summed E-state index contributed by atoms with van der Waals surface area (Å²) in [6.45, 7) is 6.34. The number of carbonyl (C=O) groups excluding carboxylic acids is 1. The van der Waals surface area contributed by atoms with Crippen LogP contribution in [0.15, 0.2) is 36.4 Å². The number of benzene rings is 2. The van der Waals surface area contributed by atoms with Crippen molar-refractivity contribution in [1.29, 1.82) is 0 Å². The minimum absolute atomic E-state index is 0.0447. The second kappa shape index (κ2) is 7.18. The molecule has 0 aliphatic carbocycles. The topological polar surface area (TPSA) is 44.4 Å². The Kier molecular flexibility index (Phi) is 5.27. The third-order valence-electron chi connectivity index (χ3n) is 3.78. The van der Waals surface area contributed by atoms with Gasteiger partial charge >= 0.3 is 0 Å². The third kappa shape index (κ3) is 4.49. The van der Waals surface area contributed by atoms with Crippen LogP contribution in [0.25, 0.3) is 0 Å². The van der Waals surface area contributed by atoms with Crippen LogP contribution in [-0.2, 0) is 4.79 Å². The van der Waals surface area contributed by atoms with Crippen LogP contribution in [0.3, 0.4) is 0 Å². The summed E-state index contributed by atoms with van der Waals surface area (Å²) in [4.78, 5) is 14.2. The SMILES string of the molecule is Cc1cc(C)c(NC(=O)CNc2ccc(N(C)C)cc2)c(C)c1. The van der Waals surface area contributed by atoms with Crippen molar-refractivity contribution in [2.75, 3.05) is 36.2 Å². The molecule has 2 aromatic rings. The Bertz CT molecular complexity index is 667. The first-order valence-electron chi connectivity index (χ1n) is 7.76. The molecule has 122 valence electrons.